The van der Waals surface area contributed by atoms with Crippen LogP contribution in [0.4, 0.5) is 4.39 Å². The van der Waals surface area contributed by atoms with E-state index >= 15 is 0 Å². The average molecular weight is 282 g/mol. The molecule has 2 nitrogen and oxygen atoms in total. The lowest BCUT2D eigenvalue weighted by Crippen LogP contribution is -2.03. The Morgan fingerprint density at radius 3 is 2.79 bits per heavy atom. The van der Waals surface area contributed by atoms with Crippen LogP contribution in [-0.2, 0) is 0 Å². The largest absolute Gasteiger partial charge is 0.496 e. The molecule has 0 aliphatic carbocycles. The highest BCUT2D eigenvalue weighted by molar-refractivity contribution is 9.09. The topological polar surface area (TPSA) is 26.3 Å². The van der Waals surface area contributed by atoms with Gasteiger partial charge in [0.15, 0.2) is 5.78 Å². The van der Waals surface area contributed by atoms with Crippen molar-refractivity contribution in [3.05, 3.63) is 28.5 Å². The van der Waals surface area contributed by atoms with Gasteiger partial charge in [0, 0.05) is 6.07 Å². The number of benzene rings is 1. The molecule has 76 valence electrons. The summed E-state index contributed by atoms with van der Waals surface area (Å²) in [4.78, 5) is 11.3. The minimum Gasteiger partial charge on any atom is -0.496 e. The molecular weight excluding hydrogens is 274 g/mol. The molecular formula is C9H7BrClFO2. The summed E-state index contributed by atoms with van der Waals surface area (Å²) in [6.07, 6.45) is 0. The number of hydrogen-bond donors (Lipinski definition) is 0. The van der Waals surface area contributed by atoms with Crippen molar-refractivity contribution in [2.24, 2.45) is 0 Å². The molecule has 1 aromatic rings. The maximum absolute atomic E-state index is 13.0. The molecule has 0 aliphatic rings. The Hall–Kier alpha value is -0.610. The monoisotopic (exact) mass is 280 g/mol. The second kappa shape index (κ2) is 4.75. The van der Waals surface area contributed by atoms with Gasteiger partial charge in [0.05, 0.1) is 23.0 Å². The highest BCUT2D eigenvalue weighted by Gasteiger charge is 2.14. The highest BCUT2D eigenvalue weighted by Crippen LogP contribution is 2.26. The van der Waals surface area contributed by atoms with Crippen LogP contribution in [-0.4, -0.2) is 18.2 Å². The number of ketones is 1. The van der Waals surface area contributed by atoms with Crippen molar-refractivity contribution in [3.63, 3.8) is 0 Å². The summed E-state index contributed by atoms with van der Waals surface area (Å²) in [7, 11) is 1.37. The quantitative estimate of drug-likeness (QED) is 0.629. The van der Waals surface area contributed by atoms with Gasteiger partial charge in [-0.25, -0.2) is 4.39 Å². The van der Waals surface area contributed by atoms with E-state index in [9.17, 15) is 9.18 Å². The predicted molar refractivity (Wildman–Crippen MR) is 56.1 cm³/mol. The lowest BCUT2D eigenvalue weighted by molar-refractivity contribution is 0.102. The van der Waals surface area contributed by atoms with Gasteiger partial charge in [-0.3, -0.25) is 4.79 Å². The maximum Gasteiger partial charge on any atom is 0.177 e. The minimum absolute atomic E-state index is 0.0879. The van der Waals surface area contributed by atoms with Gasteiger partial charge in [-0.1, -0.05) is 27.5 Å². The van der Waals surface area contributed by atoms with Crippen LogP contribution in [0, 0.1) is 5.82 Å². The Labute approximate surface area is 94.1 Å². The minimum atomic E-state index is -0.602. The molecule has 0 saturated heterocycles. The molecule has 0 spiro atoms. The first-order chi connectivity index (χ1) is 6.60. The van der Waals surface area contributed by atoms with Crippen LogP contribution >= 0.6 is 27.5 Å². The molecule has 0 unspecified atom stereocenters. The summed E-state index contributed by atoms with van der Waals surface area (Å²) in [6.45, 7) is 0. The number of halogens is 3. The SMILES string of the molecule is COc1cc(F)c(Cl)cc1C(=O)CBr. The Kier molecular flexibility index (Phi) is 3.89. The first kappa shape index (κ1) is 11.5. The maximum atomic E-state index is 13.0. The third kappa shape index (κ3) is 2.25. The number of carbonyl (C=O) groups is 1. The third-order valence-corrected chi connectivity index (χ3v) is 2.46. The van der Waals surface area contributed by atoms with E-state index in [0.29, 0.717) is 0 Å². The van der Waals surface area contributed by atoms with Gasteiger partial charge in [-0.15, -0.1) is 0 Å². The van der Waals surface area contributed by atoms with Gasteiger partial charge in [0.2, 0.25) is 0 Å². The van der Waals surface area contributed by atoms with E-state index in [1.54, 1.807) is 0 Å². The number of hydrogen-bond acceptors (Lipinski definition) is 2. The predicted octanol–water partition coefficient (Wildman–Crippen LogP) is 3.07. The number of rotatable bonds is 3. The molecule has 0 saturated carbocycles. The van der Waals surface area contributed by atoms with Crippen molar-refractivity contribution in [2.45, 2.75) is 0 Å². The number of ether oxygens (including phenoxy) is 1. The van der Waals surface area contributed by atoms with E-state index in [1.807, 2.05) is 0 Å². The normalized spacial score (nSPS) is 10.0. The van der Waals surface area contributed by atoms with E-state index in [4.69, 9.17) is 16.3 Å². The first-order valence-corrected chi connectivity index (χ1v) is 5.22. The molecule has 1 aromatic carbocycles. The fourth-order valence-corrected chi connectivity index (χ4v) is 1.45. The summed E-state index contributed by atoms with van der Waals surface area (Å²) in [5.74, 6) is -0.616. The second-order valence-corrected chi connectivity index (χ2v) is 3.49. The van der Waals surface area contributed by atoms with Gasteiger partial charge in [-0.05, 0) is 6.07 Å². The Balaban J connectivity index is 3.27. The smallest absolute Gasteiger partial charge is 0.177 e. The van der Waals surface area contributed by atoms with Crippen LogP contribution in [0.25, 0.3) is 0 Å². The van der Waals surface area contributed by atoms with Crippen LogP contribution in [0.15, 0.2) is 12.1 Å². The summed E-state index contributed by atoms with van der Waals surface area (Å²) in [6, 6.07) is 2.36. The fraction of sp³-hybridized carbons (Fsp3) is 0.222. The molecule has 5 heteroatoms. The zero-order valence-corrected chi connectivity index (χ0v) is 9.65. The lowest BCUT2D eigenvalue weighted by Gasteiger charge is -2.07. The zero-order valence-electron chi connectivity index (χ0n) is 7.31. The van der Waals surface area contributed by atoms with E-state index in [2.05, 4.69) is 15.9 Å². The van der Waals surface area contributed by atoms with Gasteiger partial charge < -0.3 is 4.74 Å². The number of alkyl halides is 1. The highest BCUT2D eigenvalue weighted by atomic mass is 79.9. The Morgan fingerprint density at radius 2 is 2.29 bits per heavy atom. The summed E-state index contributed by atoms with van der Waals surface area (Å²) in [5, 5.41) is 0.0563. The van der Waals surface area contributed by atoms with Crippen LogP contribution in [0.2, 0.25) is 5.02 Å². The van der Waals surface area contributed by atoms with Crippen molar-refractivity contribution in [2.75, 3.05) is 12.4 Å². The van der Waals surface area contributed by atoms with Gasteiger partial charge >= 0.3 is 0 Å². The summed E-state index contributed by atoms with van der Waals surface area (Å²) in [5.41, 5.74) is 0.274. The van der Waals surface area contributed by atoms with E-state index < -0.39 is 5.82 Å². The molecule has 0 N–H and O–H groups in total. The fourth-order valence-electron chi connectivity index (χ4n) is 0.987. The molecule has 0 aliphatic heterocycles. The molecule has 0 bridgehead atoms. The van der Waals surface area contributed by atoms with E-state index in [0.717, 1.165) is 6.07 Å². The van der Waals surface area contributed by atoms with Crippen molar-refractivity contribution < 1.29 is 13.9 Å². The van der Waals surface area contributed by atoms with E-state index in [1.165, 1.54) is 13.2 Å². The van der Waals surface area contributed by atoms with E-state index in [-0.39, 0.29) is 27.4 Å². The number of carbonyl (C=O) groups excluding carboxylic acids is 1. The molecule has 0 aromatic heterocycles. The van der Waals surface area contributed by atoms with Crippen LogP contribution in [0.1, 0.15) is 10.4 Å². The Bertz CT molecular complexity index is 368. The first-order valence-electron chi connectivity index (χ1n) is 3.72. The zero-order chi connectivity index (χ0) is 10.7. The third-order valence-electron chi connectivity index (χ3n) is 1.66. The Morgan fingerprint density at radius 1 is 1.64 bits per heavy atom. The van der Waals surface area contributed by atoms with Gasteiger partial charge in [0.25, 0.3) is 0 Å². The molecule has 14 heavy (non-hydrogen) atoms. The van der Waals surface area contributed by atoms with Crippen molar-refractivity contribution in [3.8, 4) is 5.75 Å². The van der Waals surface area contributed by atoms with Gasteiger partial charge in [0.1, 0.15) is 11.6 Å². The lowest BCUT2D eigenvalue weighted by atomic mass is 10.1. The summed E-state index contributed by atoms with van der Waals surface area (Å²) >= 11 is 8.56. The van der Waals surface area contributed by atoms with Crippen molar-refractivity contribution in [1.82, 2.24) is 0 Å². The average Bonchev–Trinajstić information content (AvgIpc) is 2.20. The number of methoxy groups -OCH3 is 1. The molecule has 1 rings (SSSR count). The van der Waals surface area contributed by atoms with Crippen LogP contribution in [0.5, 0.6) is 5.75 Å². The molecule has 0 heterocycles. The molecule has 0 fully saturated rings. The van der Waals surface area contributed by atoms with Crippen molar-refractivity contribution in [1.29, 1.82) is 0 Å². The van der Waals surface area contributed by atoms with Gasteiger partial charge in [-0.2, -0.15) is 0 Å². The molecule has 0 radical (unpaired) electrons. The molecule has 0 amide bonds. The van der Waals surface area contributed by atoms with Crippen LogP contribution in [0.3, 0.4) is 0 Å². The molecule has 0 atom stereocenters. The number of Topliss-reactive ketones (excluding diaryl/α,β-unsaturated/α-hetero) is 1. The summed E-state index contributed by atoms with van der Waals surface area (Å²) < 4.78 is 17.8. The second-order valence-electron chi connectivity index (χ2n) is 2.52. The van der Waals surface area contributed by atoms with Crippen LogP contribution < -0.4 is 4.74 Å². The van der Waals surface area contributed by atoms with Crippen molar-refractivity contribution >= 4 is 33.3 Å². The standard InChI is InChI=1S/C9H7BrClFO2/c1-14-9-3-7(12)6(11)2-5(9)8(13)4-10/h2-3H,4H2,1H3.